The smallest absolute Gasteiger partial charge is 0.340 e. The summed E-state index contributed by atoms with van der Waals surface area (Å²) in [5.74, 6) is -1.45. The van der Waals surface area contributed by atoms with Crippen molar-refractivity contribution in [1.82, 2.24) is 15.1 Å². The third-order valence-corrected chi connectivity index (χ3v) is 6.14. The first-order valence-electron chi connectivity index (χ1n) is 11.2. The van der Waals surface area contributed by atoms with Crippen molar-refractivity contribution >= 4 is 17.7 Å². The molecule has 2 unspecified atom stereocenters. The summed E-state index contributed by atoms with van der Waals surface area (Å²) in [7, 11) is 0. The quantitative estimate of drug-likeness (QED) is 0.691. The van der Waals surface area contributed by atoms with E-state index < -0.39 is 29.3 Å². The third kappa shape index (κ3) is 5.76. The molecule has 1 aliphatic rings. The molecule has 0 bridgehead atoms. The van der Waals surface area contributed by atoms with Gasteiger partial charge in [-0.2, -0.15) is 13.2 Å². The zero-order valence-electron chi connectivity index (χ0n) is 19.1. The summed E-state index contributed by atoms with van der Waals surface area (Å²) in [6.45, 7) is 4.36. The molecule has 1 aliphatic heterocycles. The SMILES string of the molecule is CCC(C)C(NC(=O)c1ccccc1)C(=O)N1CCN(C(=O)c2ccccc2C(F)(F)F)CC1. The van der Waals surface area contributed by atoms with E-state index in [1.54, 1.807) is 35.2 Å². The van der Waals surface area contributed by atoms with Crippen LogP contribution in [0, 0.1) is 5.92 Å². The summed E-state index contributed by atoms with van der Waals surface area (Å²) in [5, 5.41) is 2.83. The summed E-state index contributed by atoms with van der Waals surface area (Å²) >= 11 is 0. The van der Waals surface area contributed by atoms with E-state index in [2.05, 4.69) is 5.32 Å². The lowest BCUT2D eigenvalue weighted by Gasteiger charge is -2.37. The van der Waals surface area contributed by atoms with E-state index in [-0.39, 0.29) is 43.9 Å². The molecule has 0 aliphatic carbocycles. The van der Waals surface area contributed by atoms with Crippen LogP contribution in [0.5, 0.6) is 0 Å². The second-order valence-corrected chi connectivity index (χ2v) is 8.36. The Kier molecular flexibility index (Phi) is 7.96. The van der Waals surface area contributed by atoms with Crippen LogP contribution < -0.4 is 5.32 Å². The molecule has 0 aromatic heterocycles. The van der Waals surface area contributed by atoms with Crippen molar-refractivity contribution < 1.29 is 27.6 Å². The van der Waals surface area contributed by atoms with Gasteiger partial charge in [0.05, 0.1) is 11.1 Å². The lowest BCUT2D eigenvalue weighted by atomic mass is 9.97. The van der Waals surface area contributed by atoms with Crippen molar-refractivity contribution in [3.63, 3.8) is 0 Å². The monoisotopic (exact) mass is 475 g/mol. The van der Waals surface area contributed by atoms with Crippen LogP contribution >= 0.6 is 0 Å². The minimum Gasteiger partial charge on any atom is -0.340 e. The van der Waals surface area contributed by atoms with E-state index in [1.165, 1.54) is 23.1 Å². The van der Waals surface area contributed by atoms with Crippen LogP contribution in [0.1, 0.15) is 46.5 Å². The number of alkyl halides is 3. The van der Waals surface area contributed by atoms with Crippen LogP contribution in [0.15, 0.2) is 54.6 Å². The number of halogens is 3. The standard InChI is InChI=1S/C25H28F3N3O3/c1-3-17(2)21(29-22(32)18-9-5-4-6-10-18)24(34)31-15-13-30(14-16-31)23(33)19-11-7-8-12-20(19)25(26,27)28/h4-12,17,21H,3,13-16H2,1-2H3,(H,29,32). The molecular formula is C25H28F3N3O3. The number of benzene rings is 2. The number of hydrogen-bond acceptors (Lipinski definition) is 3. The van der Waals surface area contributed by atoms with E-state index in [0.717, 1.165) is 6.07 Å². The van der Waals surface area contributed by atoms with Crippen LogP contribution in [-0.2, 0) is 11.0 Å². The summed E-state index contributed by atoms with van der Waals surface area (Å²) < 4.78 is 39.9. The van der Waals surface area contributed by atoms with Gasteiger partial charge in [0.25, 0.3) is 11.8 Å². The van der Waals surface area contributed by atoms with E-state index >= 15 is 0 Å². The second-order valence-electron chi connectivity index (χ2n) is 8.36. The topological polar surface area (TPSA) is 69.7 Å². The van der Waals surface area contributed by atoms with Crippen molar-refractivity contribution in [2.24, 2.45) is 5.92 Å². The number of hydrogen-bond donors (Lipinski definition) is 1. The molecule has 0 spiro atoms. The van der Waals surface area contributed by atoms with Crippen molar-refractivity contribution in [3.05, 3.63) is 71.3 Å². The molecule has 1 saturated heterocycles. The zero-order valence-corrected chi connectivity index (χ0v) is 19.1. The molecule has 2 aromatic rings. The van der Waals surface area contributed by atoms with E-state index in [9.17, 15) is 27.6 Å². The molecule has 1 N–H and O–H groups in total. The average Bonchev–Trinajstić information content (AvgIpc) is 2.86. The molecule has 0 saturated carbocycles. The minimum atomic E-state index is -4.63. The van der Waals surface area contributed by atoms with Crippen molar-refractivity contribution in [2.45, 2.75) is 32.5 Å². The first-order chi connectivity index (χ1) is 16.1. The van der Waals surface area contributed by atoms with E-state index in [0.29, 0.717) is 12.0 Å². The van der Waals surface area contributed by atoms with Crippen molar-refractivity contribution in [3.8, 4) is 0 Å². The summed E-state index contributed by atoms with van der Waals surface area (Å²) in [5.41, 5.74) is -0.927. The highest BCUT2D eigenvalue weighted by molar-refractivity contribution is 5.98. The Bertz CT molecular complexity index is 1020. The highest BCUT2D eigenvalue weighted by atomic mass is 19.4. The fourth-order valence-corrected chi connectivity index (χ4v) is 3.91. The Hall–Kier alpha value is -3.36. The van der Waals surface area contributed by atoms with Gasteiger partial charge in [0.15, 0.2) is 0 Å². The van der Waals surface area contributed by atoms with Crippen LogP contribution in [-0.4, -0.2) is 59.7 Å². The van der Waals surface area contributed by atoms with Gasteiger partial charge in [-0.05, 0) is 30.2 Å². The van der Waals surface area contributed by atoms with Crippen LogP contribution in [0.3, 0.4) is 0 Å². The number of carbonyl (C=O) groups excluding carboxylic acids is 3. The normalized spacial score (nSPS) is 16.0. The highest BCUT2D eigenvalue weighted by Crippen LogP contribution is 2.32. The van der Waals surface area contributed by atoms with E-state index in [1.807, 2.05) is 13.8 Å². The van der Waals surface area contributed by atoms with Gasteiger partial charge in [-0.25, -0.2) is 0 Å². The van der Waals surface area contributed by atoms with Crippen molar-refractivity contribution in [1.29, 1.82) is 0 Å². The van der Waals surface area contributed by atoms with Gasteiger partial charge in [-0.15, -0.1) is 0 Å². The zero-order chi connectivity index (χ0) is 24.9. The number of carbonyl (C=O) groups is 3. The Morgan fingerprint density at radius 2 is 1.47 bits per heavy atom. The number of nitrogens with zero attached hydrogens (tertiary/aromatic N) is 2. The average molecular weight is 476 g/mol. The number of nitrogens with one attached hydrogen (secondary N) is 1. The largest absolute Gasteiger partial charge is 0.417 e. The van der Waals surface area contributed by atoms with Crippen LogP contribution in [0.25, 0.3) is 0 Å². The van der Waals surface area contributed by atoms with Gasteiger partial charge in [0, 0.05) is 31.7 Å². The number of rotatable bonds is 6. The lowest BCUT2D eigenvalue weighted by molar-refractivity contribution is -0.138. The fourth-order valence-electron chi connectivity index (χ4n) is 3.91. The van der Waals surface area contributed by atoms with Gasteiger partial charge < -0.3 is 15.1 Å². The molecule has 1 heterocycles. The molecule has 182 valence electrons. The Morgan fingerprint density at radius 3 is 2.06 bits per heavy atom. The summed E-state index contributed by atoms with van der Waals surface area (Å²) in [6.07, 6.45) is -3.97. The predicted octanol–water partition coefficient (Wildman–Crippen LogP) is 3.83. The van der Waals surface area contributed by atoms with Gasteiger partial charge in [-0.1, -0.05) is 50.6 Å². The maximum atomic E-state index is 13.3. The number of amides is 3. The second kappa shape index (κ2) is 10.7. The Labute approximate surface area is 196 Å². The van der Waals surface area contributed by atoms with Crippen LogP contribution in [0.2, 0.25) is 0 Å². The van der Waals surface area contributed by atoms with Gasteiger partial charge in [-0.3, -0.25) is 14.4 Å². The molecule has 0 radical (unpaired) electrons. The van der Waals surface area contributed by atoms with Gasteiger partial charge >= 0.3 is 6.18 Å². The molecule has 9 heteroatoms. The Morgan fingerprint density at radius 1 is 0.912 bits per heavy atom. The lowest BCUT2D eigenvalue weighted by Crippen LogP contribution is -2.57. The summed E-state index contributed by atoms with van der Waals surface area (Å²) in [6, 6.07) is 12.6. The summed E-state index contributed by atoms with van der Waals surface area (Å²) in [4.78, 5) is 41.6. The molecule has 3 amide bonds. The minimum absolute atomic E-state index is 0.108. The van der Waals surface area contributed by atoms with Crippen molar-refractivity contribution in [2.75, 3.05) is 26.2 Å². The van der Waals surface area contributed by atoms with Gasteiger partial charge in [0.1, 0.15) is 6.04 Å². The maximum absolute atomic E-state index is 13.3. The molecule has 3 rings (SSSR count). The predicted molar refractivity (Wildman–Crippen MR) is 121 cm³/mol. The van der Waals surface area contributed by atoms with Crippen LogP contribution in [0.4, 0.5) is 13.2 Å². The maximum Gasteiger partial charge on any atom is 0.417 e. The molecule has 34 heavy (non-hydrogen) atoms. The van der Waals surface area contributed by atoms with E-state index in [4.69, 9.17) is 0 Å². The third-order valence-electron chi connectivity index (χ3n) is 6.14. The molecular weight excluding hydrogens is 447 g/mol. The Balaban J connectivity index is 1.68. The first kappa shape index (κ1) is 25.3. The molecule has 2 atom stereocenters. The highest BCUT2D eigenvalue weighted by Gasteiger charge is 2.37. The molecule has 1 fully saturated rings. The molecule has 6 nitrogen and oxygen atoms in total. The van der Waals surface area contributed by atoms with Gasteiger partial charge in [0.2, 0.25) is 5.91 Å². The number of piperazine rings is 1. The fraction of sp³-hybridized carbons (Fsp3) is 0.400. The molecule has 2 aromatic carbocycles. The first-order valence-corrected chi connectivity index (χ1v) is 11.2.